The van der Waals surface area contributed by atoms with Crippen LogP contribution in [0.3, 0.4) is 0 Å². The van der Waals surface area contributed by atoms with Gasteiger partial charge in [0.2, 0.25) is 0 Å². The van der Waals surface area contributed by atoms with Crippen LogP contribution in [0.5, 0.6) is 0 Å². The molecule has 0 unspecified atom stereocenters. The van der Waals surface area contributed by atoms with E-state index in [2.05, 4.69) is 11.8 Å². The standard InChI is InChI=1S/C8H18N2O3/c1-2-3-4-6-12-7-5-8(11)13-10-9/h10H,2-7,9H2,1H3. The smallest absolute Gasteiger partial charge is 0.328 e. The summed E-state index contributed by atoms with van der Waals surface area (Å²) in [6.45, 7) is 3.23. The van der Waals surface area contributed by atoms with E-state index in [9.17, 15) is 4.79 Å². The van der Waals surface area contributed by atoms with Gasteiger partial charge in [-0.3, -0.25) is 4.79 Å². The van der Waals surface area contributed by atoms with Gasteiger partial charge in [-0.25, -0.2) is 5.84 Å². The zero-order valence-electron chi connectivity index (χ0n) is 8.04. The van der Waals surface area contributed by atoms with Crippen molar-refractivity contribution in [3.63, 3.8) is 0 Å². The number of hydrogen-bond acceptors (Lipinski definition) is 5. The van der Waals surface area contributed by atoms with Gasteiger partial charge in [0.1, 0.15) is 0 Å². The second kappa shape index (κ2) is 9.44. The number of rotatable bonds is 8. The molecular formula is C8H18N2O3. The van der Waals surface area contributed by atoms with E-state index in [1.807, 2.05) is 5.59 Å². The molecule has 0 aromatic heterocycles. The van der Waals surface area contributed by atoms with Crippen molar-refractivity contribution in [2.45, 2.75) is 32.6 Å². The molecule has 0 saturated heterocycles. The van der Waals surface area contributed by atoms with Gasteiger partial charge < -0.3 is 9.57 Å². The first-order valence-electron chi connectivity index (χ1n) is 4.54. The fourth-order valence-electron chi connectivity index (χ4n) is 0.828. The van der Waals surface area contributed by atoms with Crippen molar-refractivity contribution in [3.05, 3.63) is 0 Å². The molecule has 0 amide bonds. The highest BCUT2D eigenvalue weighted by Gasteiger charge is 2.00. The Morgan fingerprint density at radius 3 is 2.77 bits per heavy atom. The summed E-state index contributed by atoms with van der Waals surface area (Å²) in [6.07, 6.45) is 3.61. The summed E-state index contributed by atoms with van der Waals surface area (Å²) in [4.78, 5) is 15.0. The van der Waals surface area contributed by atoms with Gasteiger partial charge in [0.05, 0.1) is 13.0 Å². The number of hydrazine groups is 1. The molecule has 13 heavy (non-hydrogen) atoms. The molecule has 0 radical (unpaired) electrons. The summed E-state index contributed by atoms with van der Waals surface area (Å²) < 4.78 is 5.18. The Kier molecular flexibility index (Phi) is 8.97. The largest absolute Gasteiger partial charge is 0.381 e. The van der Waals surface area contributed by atoms with Gasteiger partial charge in [-0.05, 0) is 6.42 Å². The maximum Gasteiger partial charge on any atom is 0.328 e. The number of carbonyl (C=O) groups is 1. The predicted octanol–water partition coefficient (Wildman–Crippen LogP) is 0.505. The Hall–Kier alpha value is -0.650. The first-order valence-corrected chi connectivity index (χ1v) is 4.54. The van der Waals surface area contributed by atoms with Crippen molar-refractivity contribution < 1.29 is 14.4 Å². The highest BCUT2D eigenvalue weighted by molar-refractivity contribution is 5.69. The summed E-state index contributed by atoms with van der Waals surface area (Å²) in [5.41, 5.74) is 1.82. The first-order chi connectivity index (χ1) is 6.31. The molecule has 0 heterocycles. The van der Waals surface area contributed by atoms with E-state index < -0.39 is 5.97 Å². The highest BCUT2D eigenvalue weighted by Crippen LogP contribution is 1.94. The van der Waals surface area contributed by atoms with Crippen LogP contribution in [0.2, 0.25) is 0 Å². The fraction of sp³-hybridized carbons (Fsp3) is 0.875. The molecule has 0 aromatic rings. The minimum absolute atomic E-state index is 0.232. The quantitative estimate of drug-likeness (QED) is 0.331. The van der Waals surface area contributed by atoms with Crippen LogP contribution in [0.15, 0.2) is 0 Å². The summed E-state index contributed by atoms with van der Waals surface area (Å²) in [7, 11) is 0. The Morgan fingerprint density at radius 1 is 1.38 bits per heavy atom. The molecule has 5 nitrogen and oxygen atoms in total. The van der Waals surface area contributed by atoms with Crippen molar-refractivity contribution in [3.8, 4) is 0 Å². The third-order valence-corrected chi connectivity index (χ3v) is 1.52. The SMILES string of the molecule is CCCCCOCCC(=O)ONN. The summed E-state index contributed by atoms with van der Waals surface area (Å²) in [5, 5.41) is 0. The molecule has 0 aromatic carbocycles. The minimum atomic E-state index is -0.405. The van der Waals surface area contributed by atoms with E-state index in [4.69, 9.17) is 10.6 Å². The molecule has 0 fully saturated rings. The van der Waals surface area contributed by atoms with E-state index in [1.165, 1.54) is 6.42 Å². The monoisotopic (exact) mass is 190 g/mol. The second-order valence-electron chi connectivity index (χ2n) is 2.66. The summed E-state index contributed by atoms with van der Waals surface area (Å²) in [5.74, 6) is 4.36. The molecular weight excluding hydrogens is 172 g/mol. The third-order valence-electron chi connectivity index (χ3n) is 1.52. The van der Waals surface area contributed by atoms with E-state index in [-0.39, 0.29) is 6.42 Å². The van der Waals surface area contributed by atoms with Crippen LogP contribution in [0.25, 0.3) is 0 Å². The Bertz CT molecular complexity index is 131. The fourth-order valence-corrected chi connectivity index (χ4v) is 0.828. The van der Waals surface area contributed by atoms with E-state index in [0.29, 0.717) is 13.2 Å². The average molecular weight is 190 g/mol. The number of carbonyl (C=O) groups excluding carboxylic acids is 1. The van der Waals surface area contributed by atoms with Gasteiger partial charge >= 0.3 is 5.97 Å². The minimum Gasteiger partial charge on any atom is -0.381 e. The first kappa shape index (κ1) is 12.3. The molecule has 5 heteroatoms. The molecule has 0 bridgehead atoms. The zero-order valence-corrected chi connectivity index (χ0v) is 8.04. The Morgan fingerprint density at radius 2 is 2.15 bits per heavy atom. The molecule has 0 spiro atoms. The Labute approximate surface area is 78.5 Å². The molecule has 0 aliphatic rings. The van der Waals surface area contributed by atoms with Crippen molar-refractivity contribution in [2.24, 2.45) is 5.84 Å². The maximum absolute atomic E-state index is 10.7. The van der Waals surface area contributed by atoms with Gasteiger partial charge in [-0.15, -0.1) is 0 Å². The molecule has 0 atom stereocenters. The van der Waals surface area contributed by atoms with Crippen LogP contribution in [0, 0.1) is 0 Å². The van der Waals surface area contributed by atoms with Crippen molar-refractivity contribution >= 4 is 5.97 Å². The van der Waals surface area contributed by atoms with Crippen molar-refractivity contribution in [1.29, 1.82) is 0 Å². The van der Waals surface area contributed by atoms with E-state index in [1.54, 1.807) is 0 Å². The molecule has 0 aliphatic carbocycles. The Balaban J connectivity index is 3.02. The van der Waals surface area contributed by atoms with Gasteiger partial charge in [0.15, 0.2) is 0 Å². The summed E-state index contributed by atoms with van der Waals surface area (Å²) in [6, 6.07) is 0. The van der Waals surface area contributed by atoms with Gasteiger partial charge in [0.25, 0.3) is 0 Å². The lowest BCUT2D eigenvalue weighted by Crippen LogP contribution is -2.26. The lowest BCUT2D eigenvalue weighted by atomic mass is 10.3. The normalized spacial score (nSPS) is 10.0. The van der Waals surface area contributed by atoms with Crippen LogP contribution < -0.4 is 11.4 Å². The van der Waals surface area contributed by atoms with E-state index >= 15 is 0 Å². The van der Waals surface area contributed by atoms with Crippen LogP contribution in [0.1, 0.15) is 32.6 Å². The van der Waals surface area contributed by atoms with Crippen LogP contribution >= 0.6 is 0 Å². The molecule has 0 rings (SSSR count). The lowest BCUT2D eigenvalue weighted by Gasteiger charge is -2.02. The van der Waals surface area contributed by atoms with Gasteiger partial charge in [-0.1, -0.05) is 25.4 Å². The highest BCUT2D eigenvalue weighted by atomic mass is 16.7. The summed E-state index contributed by atoms with van der Waals surface area (Å²) >= 11 is 0. The second-order valence-corrected chi connectivity index (χ2v) is 2.66. The van der Waals surface area contributed by atoms with Crippen LogP contribution in [-0.4, -0.2) is 19.2 Å². The topological polar surface area (TPSA) is 73.6 Å². The number of ether oxygens (including phenoxy) is 1. The van der Waals surface area contributed by atoms with Gasteiger partial charge in [0, 0.05) is 6.61 Å². The molecule has 0 saturated carbocycles. The average Bonchev–Trinajstić information content (AvgIpc) is 2.11. The van der Waals surface area contributed by atoms with Crippen LogP contribution in [-0.2, 0) is 14.4 Å². The lowest BCUT2D eigenvalue weighted by molar-refractivity contribution is -0.152. The number of unbranched alkanes of at least 4 members (excludes halogenated alkanes) is 2. The van der Waals surface area contributed by atoms with Crippen LogP contribution in [0.4, 0.5) is 0 Å². The zero-order chi connectivity index (χ0) is 9.94. The molecule has 0 aliphatic heterocycles. The third kappa shape index (κ3) is 9.26. The predicted molar refractivity (Wildman–Crippen MR) is 48.4 cm³/mol. The number of nitrogens with one attached hydrogen (secondary N) is 1. The number of hydrogen-bond donors (Lipinski definition) is 2. The molecule has 78 valence electrons. The number of nitrogens with two attached hydrogens (primary N) is 1. The van der Waals surface area contributed by atoms with Crippen molar-refractivity contribution in [1.82, 2.24) is 5.59 Å². The van der Waals surface area contributed by atoms with Gasteiger partial charge in [-0.2, -0.15) is 0 Å². The van der Waals surface area contributed by atoms with Crippen molar-refractivity contribution in [2.75, 3.05) is 13.2 Å². The van der Waals surface area contributed by atoms with E-state index in [0.717, 1.165) is 12.8 Å². The molecule has 3 N–H and O–H groups in total. The maximum atomic E-state index is 10.7.